The lowest BCUT2D eigenvalue weighted by Gasteiger charge is -2.37. The highest BCUT2D eigenvalue weighted by Gasteiger charge is 2.21. The molecule has 2 heterocycles. The molecule has 2 fully saturated rings. The largest absolute Gasteiger partial charge is 0.506 e. The van der Waals surface area contributed by atoms with Gasteiger partial charge in [0.05, 0.1) is 5.69 Å². The van der Waals surface area contributed by atoms with Crippen molar-refractivity contribution in [1.29, 1.82) is 0 Å². The van der Waals surface area contributed by atoms with Crippen LogP contribution in [-0.4, -0.2) is 105 Å². The lowest BCUT2D eigenvalue weighted by Crippen LogP contribution is -2.52. The number of halogens is 1. The number of aromatic hydroxyl groups is 1. The van der Waals surface area contributed by atoms with Gasteiger partial charge in [-0.3, -0.25) is 4.99 Å². The molecule has 7 nitrogen and oxygen atoms in total. The molecule has 0 aromatic heterocycles. The number of para-hydroxylation sites is 2. The summed E-state index contributed by atoms with van der Waals surface area (Å²) in [6.07, 6.45) is 2.35. The molecule has 2 aliphatic heterocycles. The predicted octanol–water partition coefficient (Wildman–Crippen LogP) is 2.13. The molecule has 2 saturated heterocycles. The van der Waals surface area contributed by atoms with Gasteiger partial charge in [-0.05, 0) is 45.5 Å². The van der Waals surface area contributed by atoms with Gasteiger partial charge in [0.15, 0.2) is 5.96 Å². The summed E-state index contributed by atoms with van der Waals surface area (Å²) < 4.78 is 0. The first kappa shape index (κ1) is 25.0. The fraction of sp³-hybridized carbons (Fsp3) is 0.682. The molecule has 8 heteroatoms. The molecule has 0 amide bonds. The number of benzene rings is 1. The average Bonchev–Trinajstić information content (AvgIpc) is 2.75. The number of nitrogens with one attached hydrogen (secondary N) is 1. The van der Waals surface area contributed by atoms with Crippen LogP contribution in [0.2, 0.25) is 0 Å². The van der Waals surface area contributed by atoms with E-state index < -0.39 is 0 Å². The van der Waals surface area contributed by atoms with E-state index in [1.165, 1.54) is 39.1 Å². The second-order valence-electron chi connectivity index (χ2n) is 8.05. The van der Waals surface area contributed by atoms with Crippen LogP contribution in [0.15, 0.2) is 29.3 Å². The van der Waals surface area contributed by atoms with Gasteiger partial charge >= 0.3 is 0 Å². The number of guanidine groups is 1. The van der Waals surface area contributed by atoms with Crippen molar-refractivity contribution in [1.82, 2.24) is 20.0 Å². The Hall–Kier alpha value is -1.26. The number of phenols is 1. The molecule has 0 unspecified atom stereocenters. The van der Waals surface area contributed by atoms with Crippen molar-refractivity contribution < 1.29 is 5.11 Å². The molecule has 30 heavy (non-hydrogen) atoms. The Morgan fingerprint density at radius 3 is 2.37 bits per heavy atom. The number of rotatable bonds is 7. The summed E-state index contributed by atoms with van der Waals surface area (Å²) in [4.78, 5) is 14.5. The van der Waals surface area contributed by atoms with E-state index in [1.807, 2.05) is 18.2 Å². The van der Waals surface area contributed by atoms with Crippen molar-refractivity contribution in [2.75, 3.05) is 83.9 Å². The Labute approximate surface area is 199 Å². The van der Waals surface area contributed by atoms with Crippen LogP contribution in [0.5, 0.6) is 5.75 Å². The van der Waals surface area contributed by atoms with Gasteiger partial charge in [0.2, 0.25) is 0 Å². The van der Waals surface area contributed by atoms with Gasteiger partial charge in [-0.2, -0.15) is 0 Å². The molecule has 2 aliphatic rings. The van der Waals surface area contributed by atoms with Crippen LogP contribution in [0.4, 0.5) is 5.69 Å². The Kier molecular flexibility index (Phi) is 11.0. The van der Waals surface area contributed by atoms with Gasteiger partial charge in [0.25, 0.3) is 0 Å². The Balaban J connectivity index is 0.00000320. The zero-order chi connectivity index (χ0) is 20.5. The summed E-state index contributed by atoms with van der Waals surface area (Å²) >= 11 is 0. The van der Waals surface area contributed by atoms with E-state index in [-0.39, 0.29) is 24.0 Å². The minimum absolute atomic E-state index is 0. The van der Waals surface area contributed by atoms with E-state index in [9.17, 15) is 5.11 Å². The van der Waals surface area contributed by atoms with Crippen molar-refractivity contribution in [3.05, 3.63) is 24.3 Å². The number of anilines is 1. The molecule has 0 aliphatic carbocycles. The summed E-state index contributed by atoms with van der Waals surface area (Å²) in [7, 11) is 2.21. The molecule has 2 N–H and O–H groups in total. The first-order valence-corrected chi connectivity index (χ1v) is 11.1. The summed E-state index contributed by atoms with van der Waals surface area (Å²) in [6.45, 7) is 13.5. The molecule has 0 radical (unpaired) electrons. The first-order valence-electron chi connectivity index (χ1n) is 11.1. The van der Waals surface area contributed by atoms with Gasteiger partial charge in [0.1, 0.15) is 5.75 Å². The molecular weight excluding hydrogens is 491 g/mol. The third kappa shape index (κ3) is 7.46. The van der Waals surface area contributed by atoms with E-state index in [4.69, 9.17) is 4.99 Å². The highest BCUT2D eigenvalue weighted by molar-refractivity contribution is 14.0. The highest BCUT2D eigenvalue weighted by Crippen LogP contribution is 2.27. The molecule has 0 bridgehead atoms. The maximum Gasteiger partial charge on any atom is 0.194 e. The topological polar surface area (TPSA) is 57.6 Å². The molecule has 1 aromatic carbocycles. The summed E-state index contributed by atoms with van der Waals surface area (Å²) in [5.41, 5.74) is 0.929. The zero-order valence-corrected chi connectivity index (χ0v) is 20.9. The van der Waals surface area contributed by atoms with Crippen LogP contribution in [-0.2, 0) is 0 Å². The monoisotopic (exact) mass is 530 g/mol. The van der Waals surface area contributed by atoms with Crippen LogP contribution >= 0.6 is 24.0 Å². The van der Waals surface area contributed by atoms with Crippen molar-refractivity contribution in [3.8, 4) is 5.75 Å². The van der Waals surface area contributed by atoms with Gasteiger partial charge < -0.3 is 30.0 Å². The third-order valence-electron chi connectivity index (χ3n) is 5.88. The van der Waals surface area contributed by atoms with E-state index in [0.717, 1.165) is 57.3 Å². The minimum Gasteiger partial charge on any atom is -0.506 e. The van der Waals surface area contributed by atoms with Gasteiger partial charge in [-0.25, -0.2) is 0 Å². The number of hydrogen-bond donors (Lipinski definition) is 2. The number of phenolic OH excluding ortho intramolecular Hbond substituents is 1. The summed E-state index contributed by atoms with van der Waals surface area (Å²) in [5, 5.41) is 13.6. The molecule has 0 atom stereocenters. The van der Waals surface area contributed by atoms with Crippen molar-refractivity contribution in [2.24, 2.45) is 4.99 Å². The fourth-order valence-electron chi connectivity index (χ4n) is 4.02. The normalized spacial score (nSPS) is 18.9. The highest BCUT2D eigenvalue weighted by atomic mass is 127. The Bertz CT molecular complexity index is 642. The molecule has 170 valence electrons. The number of nitrogens with zero attached hydrogens (tertiary/aromatic N) is 5. The summed E-state index contributed by atoms with van der Waals surface area (Å²) in [6, 6.07) is 7.60. The summed E-state index contributed by atoms with van der Waals surface area (Å²) in [5.74, 6) is 1.39. The Morgan fingerprint density at radius 2 is 1.70 bits per heavy atom. The standard InChI is InChI=1S/C22H38N6O.HI/c1-3-23-22(24-10-6-7-11-26-14-12-25(2)13-15-26)28-18-16-27(17-19-28)20-8-4-5-9-21(20)29;/h4-5,8-9,29H,3,6-7,10-19H2,1-2H3,(H,23,24);1H. The molecule has 1 aromatic rings. The first-order chi connectivity index (χ1) is 14.2. The fourth-order valence-corrected chi connectivity index (χ4v) is 4.02. The zero-order valence-electron chi connectivity index (χ0n) is 18.6. The molecule has 0 saturated carbocycles. The van der Waals surface area contributed by atoms with E-state index >= 15 is 0 Å². The van der Waals surface area contributed by atoms with E-state index in [0.29, 0.717) is 5.75 Å². The number of piperazine rings is 2. The van der Waals surface area contributed by atoms with Gasteiger partial charge in [0, 0.05) is 65.4 Å². The lowest BCUT2D eigenvalue weighted by molar-refractivity contribution is 0.152. The minimum atomic E-state index is 0. The SMILES string of the molecule is CCNC(=NCCCCN1CCN(C)CC1)N1CCN(c2ccccc2O)CC1.I. The second-order valence-corrected chi connectivity index (χ2v) is 8.05. The number of likely N-dealkylation sites (N-methyl/N-ethyl adjacent to an activating group) is 1. The van der Waals surface area contributed by atoms with Crippen molar-refractivity contribution in [2.45, 2.75) is 19.8 Å². The van der Waals surface area contributed by atoms with Gasteiger partial charge in [-0.15, -0.1) is 24.0 Å². The van der Waals surface area contributed by atoms with Crippen LogP contribution in [0.3, 0.4) is 0 Å². The van der Waals surface area contributed by atoms with Crippen LogP contribution in [0.1, 0.15) is 19.8 Å². The van der Waals surface area contributed by atoms with Crippen LogP contribution in [0, 0.1) is 0 Å². The Morgan fingerprint density at radius 1 is 1.00 bits per heavy atom. The average molecular weight is 530 g/mol. The predicted molar refractivity (Wildman–Crippen MR) is 136 cm³/mol. The van der Waals surface area contributed by atoms with Crippen LogP contribution < -0.4 is 10.2 Å². The third-order valence-corrected chi connectivity index (χ3v) is 5.88. The maximum atomic E-state index is 10.1. The molecular formula is C22H39IN6O. The smallest absolute Gasteiger partial charge is 0.194 e. The van der Waals surface area contributed by atoms with Crippen molar-refractivity contribution in [3.63, 3.8) is 0 Å². The molecule has 0 spiro atoms. The van der Waals surface area contributed by atoms with Crippen molar-refractivity contribution >= 4 is 35.6 Å². The number of aliphatic imine (C=N–C) groups is 1. The van der Waals surface area contributed by atoms with Gasteiger partial charge in [-0.1, -0.05) is 12.1 Å². The van der Waals surface area contributed by atoms with E-state index in [2.05, 4.69) is 38.9 Å². The van der Waals surface area contributed by atoms with Crippen LogP contribution in [0.25, 0.3) is 0 Å². The van der Waals surface area contributed by atoms with E-state index in [1.54, 1.807) is 6.07 Å². The molecule has 3 rings (SSSR count). The quantitative estimate of drug-likeness (QED) is 0.244. The number of unbranched alkanes of at least 4 members (excludes halogenated alkanes) is 1. The second kappa shape index (κ2) is 13.2. The number of hydrogen-bond acceptors (Lipinski definition) is 5. The lowest BCUT2D eigenvalue weighted by atomic mass is 10.2. The maximum absolute atomic E-state index is 10.1.